The summed E-state index contributed by atoms with van der Waals surface area (Å²) in [6.07, 6.45) is 1.79. The molecule has 1 rings (SSSR count). The van der Waals surface area contributed by atoms with Crippen LogP contribution in [0.5, 0.6) is 0 Å². The van der Waals surface area contributed by atoms with E-state index >= 15 is 0 Å². The highest BCUT2D eigenvalue weighted by Gasteiger charge is 2.11. The van der Waals surface area contributed by atoms with Crippen LogP contribution in [0.1, 0.15) is 31.6 Å². The molecule has 1 unspecified atom stereocenters. The fourth-order valence-corrected chi connectivity index (χ4v) is 1.44. The number of nitrogens with one attached hydrogen (secondary N) is 1. The quantitative estimate of drug-likeness (QED) is 0.775. The summed E-state index contributed by atoms with van der Waals surface area (Å²) in [5, 5.41) is 3.60. The van der Waals surface area contributed by atoms with E-state index in [2.05, 4.69) is 17.2 Å². The highest BCUT2D eigenvalue weighted by Crippen LogP contribution is 2.22. The van der Waals surface area contributed by atoms with E-state index in [1.165, 1.54) is 0 Å². The molecule has 1 N–H and O–H groups in total. The van der Waals surface area contributed by atoms with E-state index in [0.717, 1.165) is 18.6 Å². The predicted molar refractivity (Wildman–Crippen MR) is 58.2 cm³/mol. The molecule has 0 aliphatic heterocycles. The summed E-state index contributed by atoms with van der Waals surface area (Å²) >= 11 is 5.70. The number of halogens is 1. The third-order valence-corrected chi connectivity index (χ3v) is 2.22. The van der Waals surface area contributed by atoms with Gasteiger partial charge in [-0.3, -0.25) is 0 Å². The first-order valence-electron chi connectivity index (χ1n) is 4.60. The lowest BCUT2D eigenvalue weighted by Crippen LogP contribution is -2.15. The molecule has 0 fully saturated rings. The molecule has 0 aliphatic carbocycles. The first kappa shape index (κ1) is 11.2. The van der Waals surface area contributed by atoms with Crippen molar-refractivity contribution >= 4 is 11.6 Å². The second-order valence-corrected chi connectivity index (χ2v) is 3.32. The number of hydrogen-bond donors (Lipinski definition) is 1. The zero-order chi connectivity index (χ0) is 10.4. The standard InChI is InChI=1S/C11H14ClNO/c1-3-4-5-6-9(13-2)10-7-8-11(12)14-10/h7-9,13H,5-6H2,1-2H3. The highest BCUT2D eigenvalue weighted by molar-refractivity contribution is 6.28. The van der Waals surface area contributed by atoms with Crippen molar-refractivity contribution in [3.63, 3.8) is 0 Å². The molecule has 1 heterocycles. The maximum atomic E-state index is 5.70. The van der Waals surface area contributed by atoms with Gasteiger partial charge in [0.15, 0.2) is 5.22 Å². The molecule has 1 atom stereocenters. The van der Waals surface area contributed by atoms with Crippen molar-refractivity contribution in [3.05, 3.63) is 23.1 Å². The molecule has 14 heavy (non-hydrogen) atoms. The molecular formula is C11H14ClNO. The van der Waals surface area contributed by atoms with Gasteiger partial charge in [-0.2, -0.15) is 0 Å². The van der Waals surface area contributed by atoms with Crippen LogP contribution in [0.15, 0.2) is 16.5 Å². The molecule has 0 saturated carbocycles. The molecule has 0 aliphatic rings. The van der Waals surface area contributed by atoms with Gasteiger partial charge in [0, 0.05) is 6.42 Å². The first-order valence-corrected chi connectivity index (χ1v) is 4.98. The van der Waals surface area contributed by atoms with Crippen LogP contribution in [0.25, 0.3) is 0 Å². The maximum absolute atomic E-state index is 5.70. The Morgan fingerprint density at radius 3 is 2.86 bits per heavy atom. The van der Waals surface area contributed by atoms with Crippen LogP contribution in [-0.4, -0.2) is 7.05 Å². The molecule has 0 amide bonds. The van der Waals surface area contributed by atoms with Gasteiger partial charge in [0.25, 0.3) is 0 Å². The minimum Gasteiger partial charge on any atom is -0.448 e. The maximum Gasteiger partial charge on any atom is 0.193 e. The van der Waals surface area contributed by atoms with Crippen LogP contribution in [0.3, 0.4) is 0 Å². The Morgan fingerprint density at radius 2 is 2.36 bits per heavy atom. The number of rotatable bonds is 4. The summed E-state index contributed by atoms with van der Waals surface area (Å²) < 4.78 is 5.32. The second kappa shape index (κ2) is 5.74. The fourth-order valence-electron chi connectivity index (χ4n) is 1.29. The molecule has 0 bridgehead atoms. The normalized spacial score (nSPS) is 11.9. The van der Waals surface area contributed by atoms with Crippen LogP contribution < -0.4 is 5.32 Å². The molecule has 1 aromatic rings. The summed E-state index contributed by atoms with van der Waals surface area (Å²) in [6, 6.07) is 3.85. The smallest absolute Gasteiger partial charge is 0.193 e. The van der Waals surface area contributed by atoms with Crippen LogP contribution in [0, 0.1) is 11.8 Å². The largest absolute Gasteiger partial charge is 0.448 e. The Kier molecular flexibility index (Phi) is 4.58. The Labute approximate surface area is 89.6 Å². The third kappa shape index (κ3) is 3.10. The van der Waals surface area contributed by atoms with Crippen molar-refractivity contribution in [2.75, 3.05) is 7.05 Å². The van der Waals surface area contributed by atoms with E-state index in [0.29, 0.717) is 5.22 Å². The third-order valence-electron chi connectivity index (χ3n) is 2.02. The lowest BCUT2D eigenvalue weighted by atomic mass is 10.1. The number of hydrogen-bond acceptors (Lipinski definition) is 2. The summed E-state index contributed by atoms with van der Waals surface area (Å²) in [6.45, 7) is 1.85. The highest BCUT2D eigenvalue weighted by atomic mass is 35.5. The predicted octanol–water partition coefficient (Wildman–Crippen LogP) is 3.00. The first-order chi connectivity index (χ1) is 6.77. The minimum atomic E-state index is 0.198. The SMILES string of the molecule is CC#CCCC(NC)c1ccc(Cl)o1. The fraction of sp³-hybridized carbons (Fsp3) is 0.455. The van der Waals surface area contributed by atoms with Crippen molar-refractivity contribution in [1.82, 2.24) is 5.32 Å². The van der Waals surface area contributed by atoms with E-state index in [9.17, 15) is 0 Å². The summed E-state index contributed by atoms with van der Waals surface area (Å²) in [7, 11) is 1.90. The topological polar surface area (TPSA) is 25.2 Å². The van der Waals surface area contributed by atoms with E-state index in [1.807, 2.05) is 20.0 Å². The molecule has 0 spiro atoms. The van der Waals surface area contributed by atoms with Crippen molar-refractivity contribution in [2.24, 2.45) is 0 Å². The van der Waals surface area contributed by atoms with Crippen LogP contribution in [-0.2, 0) is 0 Å². The van der Waals surface area contributed by atoms with Crippen LogP contribution in [0.2, 0.25) is 5.22 Å². The van der Waals surface area contributed by atoms with Crippen molar-refractivity contribution in [1.29, 1.82) is 0 Å². The average Bonchev–Trinajstić information content (AvgIpc) is 2.60. The molecule has 2 nitrogen and oxygen atoms in total. The Morgan fingerprint density at radius 1 is 1.57 bits per heavy atom. The van der Waals surface area contributed by atoms with Crippen molar-refractivity contribution < 1.29 is 4.42 Å². The Bertz CT molecular complexity index is 335. The van der Waals surface area contributed by atoms with E-state index in [4.69, 9.17) is 16.0 Å². The monoisotopic (exact) mass is 211 g/mol. The Balaban J connectivity index is 2.56. The molecule has 0 aromatic carbocycles. The Hall–Kier alpha value is -0.910. The molecule has 3 heteroatoms. The zero-order valence-corrected chi connectivity index (χ0v) is 9.19. The van der Waals surface area contributed by atoms with Gasteiger partial charge in [-0.15, -0.1) is 11.8 Å². The van der Waals surface area contributed by atoms with Gasteiger partial charge >= 0.3 is 0 Å². The van der Waals surface area contributed by atoms with Crippen LogP contribution >= 0.6 is 11.6 Å². The van der Waals surface area contributed by atoms with Gasteiger partial charge in [-0.25, -0.2) is 0 Å². The molecule has 1 aromatic heterocycles. The molecule has 76 valence electrons. The van der Waals surface area contributed by atoms with E-state index < -0.39 is 0 Å². The second-order valence-electron chi connectivity index (χ2n) is 2.95. The zero-order valence-electron chi connectivity index (χ0n) is 8.43. The summed E-state index contributed by atoms with van der Waals surface area (Å²) in [5.41, 5.74) is 0. The van der Waals surface area contributed by atoms with Gasteiger partial charge in [-0.1, -0.05) is 0 Å². The van der Waals surface area contributed by atoms with E-state index in [-0.39, 0.29) is 6.04 Å². The van der Waals surface area contributed by atoms with Crippen LogP contribution in [0.4, 0.5) is 0 Å². The van der Waals surface area contributed by atoms with Gasteiger partial charge in [-0.05, 0) is 44.1 Å². The minimum absolute atomic E-state index is 0.198. The van der Waals surface area contributed by atoms with Crippen molar-refractivity contribution in [2.45, 2.75) is 25.8 Å². The lowest BCUT2D eigenvalue weighted by molar-refractivity contribution is 0.419. The molecule has 0 saturated heterocycles. The molecule has 0 radical (unpaired) electrons. The molecular weight excluding hydrogens is 198 g/mol. The summed E-state index contributed by atoms with van der Waals surface area (Å²) in [4.78, 5) is 0. The van der Waals surface area contributed by atoms with Crippen molar-refractivity contribution in [3.8, 4) is 11.8 Å². The number of furan rings is 1. The van der Waals surface area contributed by atoms with Gasteiger partial charge in [0.2, 0.25) is 0 Å². The van der Waals surface area contributed by atoms with Gasteiger partial charge in [0.05, 0.1) is 6.04 Å². The average molecular weight is 212 g/mol. The lowest BCUT2D eigenvalue weighted by Gasteiger charge is -2.10. The summed E-state index contributed by atoms with van der Waals surface area (Å²) in [5.74, 6) is 6.77. The van der Waals surface area contributed by atoms with Gasteiger partial charge < -0.3 is 9.73 Å². The van der Waals surface area contributed by atoms with Gasteiger partial charge in [0.1, 0.15) is 5.76 Å². The van der Waals surface area contributed by atoms with E-state index in [1.54, 1.807) is 6.07 Å².